The normalized spacial score (nSPS) is 25.9. The lowest BCUT2D eigenvalue weighted by Crippen LogP contribution is -2.69. The van der Waals surface area contributed by atoms with Gasteiger partial charge in [0.15, 0.2) is 0 Å². The Hall–Kier alpha value is -2.06. The maximum absolute atomic E-state index is 11.7. The molecule has 3 N–H and O–H groups in total. The van der Waals surface area contributed by atoms with Crippen LogP contribution in [0.25, 0.3) is 6.08 Å². The van der Waals surface area contributed by atoms with Crippen LogP contribution < -0.4 is 5.73 Å². The van der Waals surface area contributed by atoms with Crippen molar-refractivity contribution in [2.45, 2.75) is 24.9 Å². The van der Waals surface area contributed by atoms with E-state index in [2.05, 4.69) is 10.2 Å². The maximum Gasteiger partial charge on any atom is 0.352 e. The molecule has 0 bridgehead atoms. The Morgan fingerprint density at radius 2 is 2.35 bits per heavy atom. The van der Waals surface area contributed by atoms with Crippen LogP contribution in [0.15, 0.2) is 22.9 Å². The third-order valence-corrected chi connectivity index (χ3v) is 4.19. The molecular weight excluding hydrogens is 280 g/mol. The Bertz CT molecular complexity index is 623. The minimum absolute atomic E-state index is 0.0358. The van der Waals surface area contributed by atoms with Crippen molar-refractivity contribution >= 4 is 29.3 Å². The number of carbonyl (C=O) groups excluding carboxylic acids is 1. The van der Waals surface area contributed by atoms with Gasteiger partial charge in [0.25, 0.3) is 0 Å². The van der Waals surface area contributed by atoms with Crippen LogP contribution in [0.3, 0.4) is 0 Å². The fourth-order valence-electron chi connectivity index (χ4n) is 2.56. The van der Waals surface area contributed by atoms with E-state index in [1.807, 2.05) is 0 Å². The maximum atomic E-state index is 11.7. The van der Waals surface area contributed by atoms with Crippen LogP contribution in [0.5, 0.6) is 0 Å². The van der Waals surface area contributed by atoms with Crippen LogP contribution in [0, 0.1) is 0 Å². The van der Waals surface area contributed by atoms with Crippen LogP contribution in [0.4, 0.5) is 0 Å². The predicted molar refractivity (Wildman–Crippen MR) is 71.4 cm³/mol. The third-order valence-electron chi connectivity index (χ3n) is 3.53. The largest absolute Gasteiger partial charge is 0.477 e. The number of nitrogens with zero attached hydrogens (tertiary/aromatic N) is 3. The van der Waals surface area contributed by atoms with Gasteiger partial charge in [-0.05, 0) is 24.5 Å². The first kappa shape index (κ1) is 12.9. The fraction of sp³-hybridized carbons (Fsp3) is 0.333. The number of carboxylic acids is 1. The topological polar surface area (TPSA) is 109 Å². The van der Waals surface area contributed by atoms with E-state index in [9.17, 15) is 14.7 Å². The van der Waals surface area contributed by atoms with Gasteiger partial charge in [-0.25, -0.2) is 4.79 Å². The van der Waals surface area contributed by atoms with Crippen molar-refractivity contribution in [3.63, 3.8) is 0 Å². The van der Waals surface area contributed by atoms with Gasteiger partial charge in [-0.15, -0.1) is 21.5 Å². The van der Waals surface area contributed by atoms with E-state index in [0.29, 0.717) is 23.4 Å². The van der Waals surface area contributed by atoms with Crippen molar-refractivity contribution in [3.05, 3.63) is 27.9 Å². The van der Waals surface area contributed by atoms with Crippen LogP contribution in [0.1, 0.15) is 17.8 Å². The zero-order chi connectivity index (χ0) is 14.3. The molecule has 104 valence electrons. The van der Waals surface area contributed by atoms with Gasteiger partial charge in [-0.1, -0.05) is 6.08 Å². The summed E-state index contributed by atoms with van der Waals surface area (Å²) in [5.41, 5.74) is 7.94. The molecule has 0 aliphatic carbocycles. The molecule has 2 unspecified atom stereocenters. The van der Waals surface area contributed by atoms with Gasteiger partial charge < -0.3 is 10.8 Å². The zero-order valence-corrected chi connectivity index (χ0v) is 11.2. The summed E-state index contributed by atoms with van der Waals surface area (Å²) < 4.78 is 0. The lowest BCUT2D eigenvalue weighted by Gasteiger charge is -2.48. The molecule has 0 aromatic carbocycles. The van der Waals surface area contributed by atoms with E-state index in [-0.39, 0.29) is 17.6 Å². The second-order valence-electron chi connectivity index (χ2n) is 4.63. The molecule has 20 heavy (non-hydrogen) atoms. The minimum atomic E-state index is -1.10. The van der Waals surface area contributed by atoms with Gasteiger partial charge in [0.2, 0.25) is 5.91 Å². The molecule has 0 saturated carbocycles. The van der Waals surface area contributed by atoms with Gasteiger partial charge in [-0.2, -0.15) is 0 Å². The average molecular weight is 292 g/mol. The molecule has 0 spiro atoms. The standard InChI is InChI=1S/C12H12N4O3S/c13-9-7-3-1-6(2-4-8-15-14-5-20-8)10(12(18)19)16(7)11(9)17/h2,4-5,7,9H,1,3,13H2,(H,18,19)/b4-2-. The number of aromatic nitrogens is 2. The molecule has 1 aromatic heterocycles. The number of rotatable bonds is 3. The van der Waals surface area contributed by atoms with Crippen LogP contribution >= 0.6 is 11.3 Å². The Balaban J connectivity index is 1.94. The highest BCUT2D eigenvalue weighted by molar-refractivity contribution is 7.10. The predicted octanol–water partition coefficient (Wildman–Crippen LogP) is 0.222. The van der Waals surface area contributed by atoms with Crippen molar-refractivity contribution in [2.24, 2.45) is 5.73 Å². The van der Waals surface area contributed by atoms with Crippen LogP contribution in [0.2, 0.25) is 0 Å². The summed E-state index contributed by atoms with van der Waals surface area (Å²) in [7, 11) is 0. The van der Waals surface area contributed by atoms with Gasteiger partial charge >= 0.3 is 5.97 Å². The van der Waals surface area contributed by atoms with Crippen molar-refractivity contribution in [1.82, 2.24) is 15.1 Å². The van der Waals surface area contributed by atoms with Gasteiger partial charge in [0, 0.05) is 0 Å². The second-order valence-corrected chi connectivity index (χ2v) is 5.49. The molecular formula is C12H12N4O3S. The highest BCUT2D eigenvalue weighted by atomic mass is 32.1. The summed E-state index contributed by atoms with van der Waals surface area (Å²) in [4.78, 5) is 24.5. The molecule has 2 aliphatic rings. The lowest BCUT2D eigenvalue weighted by molar-refractivity contribution is -0.152. The fourth-order valence-corrected chi connectivity index (χ4v) is 3.00. The van der Waals surface area contributed by atoms with Crippen molar-refractivity contribution < 1.29 is 14.7 Å². The van der Waals surface area contributed by atoms with Crippen molar-refractivity contribution in [1.29, 1.82) is 0 Å². The second kappa shape index (κ2) is 4.80. The smallest absolute Gasteiger partial charge is 0.352 e. The Labute approximate surface area is 118 Å². The van der Waals surface area contributed by atoms with Crippen LogP contribution in [-0.4, -0.2) is 44.2 Å². The Morgan fingerprint density at radius 3 is 3.00 bits per heavy atom. The number of hydrogen-bond acceptors (Lipinski definition) is 6. The highest BCUT2D eigenvalue weighted by Crippen LogP contribution is 2.36. The number of fused-ring (bicyclic) bond motifs is 1. The van der Waals surface area contributed by atoms with Gasteiger partial charge in [0.05, 0.1) is 6.04 Å². The third kappa shape index (κ3) is 1.93. The molecule has 1 amide bonds. The van der Waals surface area contributed by atoms with E-state index in [1.165, 1.54) is 16.2 Å². The first-order chi connectivity index (χ1) is 9.59. The highest BCUT2D eigenvalue weighted by Gasteiger charge is 2.50. The molecule has 8 heteroatoms. The number of β-lactam (4-membered cyclic amide) rings is 1. The van der Waals surface area contributed by atoms with E-state index < -0.39 is 12.0 Å². The summed E-state index contributed by atoms with van der Waals surface area (Å²) in [5, 5.41) is 17.6. The number of aliphatic carboxylic acids is 1. The average Bonchev–Trinajstić information content (AvgIpc) is 2.96. The summed E-state index contributed by atoms with van der Waals surface area (Å²) in [5.74, 6) is -1.43. The van der Waals surface area contributed by atoms with Crippen LogP contribution in [-0.2, 0) is 9.59 Å². The van der Waals surface area contributed by atoms with E-state index >= 15 is 0 Å². The van der Waals surface area contributed by atoms with Gasteiger partial charge in [0.1, 0.15) is 22.3 Å². The minimum Gasteiger partial charge on any atom is -0.477 e. The first-order valence-corrected chi connectivity index (χ1v) is 6.97. The molecule has 1 fully saturated rings. The Kier molecular flexibility index (Phi) is 3.11. The summed E-state index contributed by atoms with van der Waals surface area (Å²) in [6, 6.07) is -0.759. The number of hydrogen-bond donors (Lipinski definition) is 2. The van der Waals surface area contributed by atoms with E-state index in [0.717, 1.165) is 0 Å². The SMILES string of the molecule is NC1C(=O)N2C(C(=O)O)=C(/C=C\c3nncs3)CCC12. The molecule has 7 nitrogen and oxygen atoms in total. The molecule has 3 rings (SSSR count). The van der Waals surface area contributed by atoms with E-state index in [4.69, 9.17) is 5.73 Å². The lowest BCUT2D eigenvalue weighted by atomic mass is 9.84. The molecule has 2 atom stereocenters. The quantitative estimate of drug-likeness (QED) is 0.771. The van der Waals surface area contributed by atoms with E-state index in [1.54, 1.807) is 17.7 Å². The zero-order valence-electron chi connectivity index (χ0n) is 10.4. The molecule has 1 saturated heterocycles. The molecule has 2 aliphatic heterocycles. The van der Waals surface area contributed by atoms with Crippen molar-refractivity contribution in [3.8, 4) is 0 Å². The number of carboxylic acid groups (broad SMARTS) is 1. The molecule has 1 aromatic rings. The van der Waals surface area contributed by atoms with Crippen molar-refractivity contribution in [2.75, 3.05) is 0 Å². The number of allylic oxidation sites excluding steroid dienone is 2. The monoisotopic (exact) mass is 292 g/mol. The summed E-state index contributed by atoms with van der Waals surface area (Å²) >= 11 is 1.36. The number of nitrogens with two attached hydrogens (primary N) is 1. The first-order valence-electron chi connectivity index (χ1n) is 6.09. The molecule has 3 heterocycles. The summed E-state index contributed by atoms with van der Waals surface area (Å²) in [6.45, 7) is 0. The summed E-state index contributed by atoms with van der Waals surface area (Å²) in [6.07, 6.45) is 4.66. The number of carbonyl (C=O) groups is 2. The van der Waals surface area contributed by atoms with Gasteiger partial charge in [-0.3, -0.25) is 9.69 Å². The number of amides is 1. The Morgan fingerprint density at radius 1 is 1.55 bits per heavy atom. The molecule has 0 radical (unpaired) electrons.